The normalized spacial score (nSPS) is 12.9. The van der Waals surface area contributed by atoms with Gasteiger partial charge >= 0.3 is 0 Å². The third-order valence-electron chi connectivity index (χ3n) is 5.21. The minimum Gasteiger partial charge on any atom is -0.497 e. The van der Waals surface area contributed by atoms with Gasteiger partial charge in [-0.15, -0.1) is 10.2 Å². The molecule has 1 aliphatic carbocycles. The molecule has 6 nitrogen and oxygen atoms in total. The summed E-state index contributed by atoms with van der Waals surface area (Å²) in [4.78, 5) is 10.0. The van der Waals surface area contributed by atoms with Crippen molar-refractivity contribution in [2.45, 2.75) is 34.1 Å². The molecule has 0 spiro atoms. The molecular weight excluding hydrogens is 414 g/mol. The van der Waals surface area contributed by atoms with E-state index in [1.54, 1.807) is 26.2 Å². The Morgan fingerprint density at radius 2 is 1.88 bits per heavy atom. The molecule has 0 aliphatic heterocycles. The number of amides is 1. The molecule has 0 bridgehead atoms. The summed E-state index contributed by atoms with van der Waals surface area (Å²) in [5, 5.41) is 10.5. The van der Waals surface area contributed by atoms with Gasteiger partial charge in [0.15, 0.2) is 0 Å². The molecule has 0 atom stereocenters. The zero-order valence-corrected chi connectivity index (χ0v) is 19.7. The van der Waals surface area contributed by atoms with Gasteiger partial charge in [0.1, 0.15) is 5.75 Å². The predicted molar refractivity (Wildman–Crippen MR) is 132 cm³/mol. The Hall–Kier alpha value is -3.93. The van der Waals surface area contributed by atoms with E-state index in [9.17, 15) is 4.79 Å². The van der Waals surface area contributed by atoms with Crippen LogP contribution in [0, 0.1) is 13.8 Å². The summed E-state index contributed by atoms with van der Waals surface area (Å²) < 4.78 is 10.5. The number of allylic oxidation sites excluding steroid dienone is 6. The molecule has 1 N–H and O–H groups in total. The smallest absolute Gasteiger partial charge is 0.247 e. The number of hydrogen-bond acceptors (Lipinski definition) is 5. The topological polar surface area (TPSA) is 77.2 Å². The van der Waals surface area contributed by atoms with E-state index in [1.807, 2.05) is 18.2 Å². The lowest BCUT2D eigenvalue weighted by atomic mass is 9.94. The maximum Gasteiger partial charge on any atom is 0.247 e. The zero-order chi connectivity index (χ0) is 23.8. The molecular formula is C27H29N3O3. The summed E-state index contributed by atoms with van der Waals surface area (Å²) in [6, 6.07) is 13.5. The first-order chi connectivity index (χ1) is 15.9. The first-order valence-corrected chi connectivity index (χ1v) is 10.7. The van der Waals surface area contributed by atoms with E-state index in [-0.39, 0.29) is 0 Å². The summed E-state index contributed by atoms with van der Waals surface area (Å²) in [6.07, 6.45) is 8.36. The van der Waals surface area contributed by atoms with Crippen LogP contribution >= 0.6 is 0 Å². The van der Waals surface area contributed by atoms with Crippen LogP contribution in [0.25, 0.3) is 17.0 Å². The van der Waals surface area contributed by atoms with Crippen molar-refractivity contribution < 1.29 is 13.9 Å². The second kappa shape index (κ2) is 11.1. The van der Waals surface area contributed by atoms with Gasteiger partial charge in [-0.2, -0.15) is 0 Å². The molecule has 1 aliphatic rings. The number of rotatable bonds is 5. The molecule has 1 amide bonds. The number of nitrogens with one attached hydrogen (secondary N) is 1. The quantitative estimate of drug-likeness (QED) is 0.469. The number of methoxy groups -OCH3 is 1. The molecule has 0 saturated heterocycles. The number of carbonyl (C=O) groups excluding carboxylic acids is 1. The lowest BCUT2D eigenvalue weighted by Gasteiger charge is -2.11. The van der Waals surface area contributed by atoms with Crippen molar-refractivity contribution in [3.63, 3.8) is 0 Å². The fraction of sp³-hybridized carbons (Fsp3) is 0.222. The highest BCUT2D eigenvalue weighted by Crippen LogP contribution is 2.30. The van der Waals surface area contributed by atoms with Crippen LogP contribution in [0.2, 0.25) is 0 Å². The molecule has 3 aromatic rings. The third kappa shape index (κ3) is 6.29. The highest BCUT2D eigenvalue weighted by Gasteiger charge is 2.12. The molecule has 0 radical (unpaired) electrons. The Labute approximate surface area is 194 Å². The standard InChI is InChI=1S/C19H20N2O.C8H9NO2/c1-12-6-5-7-13(2)18(10-12)17-9-8-16(11-14(17)3)19-21-20-15(4)22-19;1-11-8-4-2-3-7(5-8)9-6-10/h5,7-11H,6H2,1-4H3;2-6H,1H3,(H,9,10). The monoisotopic (exact) mass is 443 g/mol. The summed E-state index contributed by atoms with van der Waals surface area (Å²) in [7, 11) is 1.58. The van der Waals surface area contributed by atoms with Crippen molar-refractivity contribution >= 4 is 17.7 Å². The van der Waals surface area contributed by atoms with Crippen molar-refractivity contribution in [1.29, 1.82) is 0 Å². The van der Waals surface area contributed by atoms with E-state index < -0.39 is 0 Å². The summed E-state index contributed by atoms with van der Waals surface area (Å²) >= 11 is 0. The van der Waals surface area contributed by atoms with Gasteiger partial charge < -0.3 is 14.5 Å². The van der Waals surface area contributed by atoms with Crippen molar-refractivity contribution in [3.8, 4) is 17.2 Å². The SMILES string of the molecule is CC1=CC(c2ccc(-c3nnc(C)o3)cc2C)=C(C)C=CC1.COc1cccc(NC=O)c1. The Bertz CT molecular complexity index is 1220. The van der Waals surface area contributed by atoms with E-state index in [0.29, 0.717) is 18.2 Å². The Balaban J connectivity index is 0.000000235. The van der Waals surface area contributed by atoms with Crippen LogP contribution in [0.5, 0.6) is 5.75 Å². The average molecular weight is 444 g/mol. The van der Waals surface area contributed by atoms with E-state index in [1.165, 1.54) is 27.8 Å². The van der Waals surface area contributed by atoms with Gasteiger partial charge in [-0.3, -0.25) is 4.79 Å². The maximum absolute atomic E-state index is 10.0. The second-order valence-corrected chi connectivity index (χ2v) is 7.84. The molecule has 0 saturated carbocycles. The van der Waals surface area contributed by atoms with Crippen LogP contribution < -0.4 is 10.1 Å². The van der Waals surface area contributed by atoms with E-state index in [2.05, 4.69) is 66.6 Å². The number of benzene rings is 2. The number of ether oxygens (including phenoxy) is 1. The number of aryl methyl sites for hydroxylation is 2. The molecule has 4 rings (SSSR count). The summed E-state index contributed by atoms with van der Waals surface area (Å²) in [6.45, 7) is 8.26. The van der Waals surface area contributed by atoms with E-state index in [0.717, 1.165) is 23.4 Å². The van der Waals surface area contributed by atoms with Crippen LogP contribution in [0.15, 0.2) is 76.3 Å². The third-order valence-corrected chi connectivity index (χ3v) is 5.21. The average Bonchev–Trinajstić information content (AvgIpc) is 3.17. The van der Waals surface area contributed by atoms with Gasteiger partial charge in [-0.25, -0.2) is 0 Å². The summed E-state index contributed by atoms with van der Waals surface area (Å²) in [5.41, 5.74) is 8.12. The molecule has 0 fully saturated rings. The van der Waals surface area contributed by atoms with Gasteiger partial charge in [0, 0.05) is 24.2 Å². The first-order valence-electron chi connectivity index (χ1n) is 10.7. The molecule has 1 aromatic heterocycles. The molecule has 0 unspecified atom stereocenters. The Kier molecular flexibility index (Phi) is 7.97. The number of aromatic nitrogens is 2. The molecule has 2 aromatic carbocycles. The van der Waals surface area contributed by atoms with Gasteiger partial charge in [-0.1, -0.05) is 35.9 Å². The van der Waals surface area contributed by atoms with Crippen molar-refractivity contribution in [1.82, 2.24) is 10.2 Å². The van der Waals surface area contributed by atoms with Gasteiger partial charge in [0.05, 0.1) is 7.11 Å². The van der Waals surface area contributed by atoms with Crippen LogP contribution in [0.1, 0.15) is 37.3 Å². The number of nitrogens with zero attached hydrogens (tertiary/aromatic N) is 2. The maximum atomic E-state index is 10.0. The minimum atomic E-state index is 0.574. The van der Waals surface area contributed by atoms with E-state index in [4.69, 9.17) is 9.15 Å². The Morgan fingerprint density at radius 1 is 1.06 bits per heavy atom. The fourth-order valence-electron chi connectivity index (χ4n) is 3.51. The van der Waals surface area contributed by atoms with Crippen LogP contribution in [0.4, 0.5) is 5.69 Å². The molecule has 170 valence electrons. The van der Waals surface area contributed by atoms with Crippen molar-refractivity contribution in [3.05, 3.63) is 88.9 Å². The number of anilines is 1. The van der Waals surface area contributed by atoms with E-state index >= 15 is 0 Å². The van der Waals surface area contributed by atoms with Crippen LogP contribution in [0.3, 0.4) is 0 Å². The van der Waals surface area contributed by atoms with Crippen molar-refractivity contribution in [2.75, 3.05) is 12.4 Å². The molecule has 6 heteroatoms. The highest BCUT2D eigenvalue weighted by molar-refractivity contribution is 5.82. The van der Waals surface area contributed by atoms with Gasteiger partial charge in [0.2, 0.25) is 18.2 Å². The van der Waals surface area contributed by atoms with Gasteiger partial charge in [0.25, 0.3) is 0 Å². The van der Waals surface area contributed by atoms with Crippen molar-refractivity contribution in [2.24, 2.45) is 0 Å². The zero-order valence-electron chi connectivity index (χ0n) is 19.7. The predicted octanol–water partition coefficient (Wildman–Crippen LogP) is 6.30. The van der Waals surface area contributed by atoms with Crippen LogP contribution in [-0.2, 0) is 4.79 Å². The largest absolute Gasteiger partial charge is 0.497 e. The highest BCUT2D eigenvalue weighted by atomic mass is 16.5. The number of hydrogen-bond donors (Lipinski definition) is 1. The lowest BCUT2D eigenvalue weighted by Crippen LogP contribution is -1.93. The second-order valence-electron chi connectivity index (χ2n) is 7.84. The number of carbonyl (C=O) groups is 1. The first kappa shape index (κ1) is 23.7. The minimum absolute atomic E-state index is 0.574. The molecule has 33 heavy (non-hydrogen) atoms. The summed E-state index contributed by atoms with van der Waals surface area (Å²) in [5.74, 6) is 1.89. The fourth-order valence-corrected chi connectivity index (χ4v) is 3.51. The lowest BCUT2D eigenvalue weighted by molar-refractivity contribution is -0.105. The van der Waals surface area contributed by atoms with Crippen LogP contribution in [-0.4, -0.2) is 23.7 Å². The van der Waals surface area contributed by atoms with Gasteiger partial charge in [-0.05, 0) is 73.7 Å². The Morgan fingerprint density at radius 3 is 2.55 bits per heavy atom. The molecule has 1 heterocycles.